The molecule has 4 amide bonds. The van der Waals surface area contributed by atoms with Gasteiger partial charge in [-0.15, -0.1) is 0 Å². The molecule has 0 aliphatic carbocycles. The standard InChI is InChI=1S/C40H54N4O9/c1-27(2)23-32(38(49)52-26-29-17-10-7-11-18-29)42-35(46)31(24-33(45)51-25-28-15-8-6-9-16-28)41-36(47)34-30(37(48)43-20-12-13-21-43)19-14-22-44(34)39(50)53-40(3,4)5/h6-11,15-18,27,30-32,34H,12-14,19-26H2,1-5H3,(H,41,47)(H,42,46)/t30-,31+,32+,34+/m1/s1. The fourth-order valence-corrected chi connectivity index (χ4v) is 6.49. The van der Waals surface area contributed by atoms with Crippen LogP contribution in [0.4, 0.5) is 4.79 Å². The van der Waals surface area contributed by atoms with Crippen molar-refractivity contribution in [2.75, 3.05) is 19.6 Å². The second-order valence-electron chi connectivity index (χ2n) is 15.1. The van der Waals surface area contributed by atoms with Crippen molar-refractivity contribution >= 4 is 35.8 Å². The number of amides is 4. The molecule has 13 heteroatoms. The van der Waals surface area contributed by atoms with E-state index < -0.39 is 65.9 Å². The lowest BCUT2D eigenvalue weighted by Crippen LogP contribution is -2.62. The van der Waals surface area contributed by atoms with E-state index in [1.807, 2.05) is 50.2 Å². The molecule has 2 N–H and O–H groups in total. The van der Waals surface area contributed by atoms with Crippen LogP contribution in [0.15, 0.2) is 60.7 Å². The first-order valence-corrected chi connectivity index (χ1v) is 18.5. The van der Waals surface area contributed by atoms with Crippen molar-refractivity contribution in [3.8, 4) is 0 Å². The average Bonchev–Trinajstić information content (AvgIpc) is 3.67. The van der Waals surface area contributed by atoms with Gasteiger partial charge in [0, 0.05) is 19.6 Å². The number of rotatable bonds is 14. The molecule has 0 spiro atoms. The van der Waals surface area contributed by atoms with Crippen LogP contribution in [0.2, 0.25) is 0 Å². The van der Waals surface area contributed by atoms with E-state index in [0.717, 1.165) is 24.0 Å². The first-order valence-electron chi connectivity index (χ1n) is 18.5. The molecule has 4 atom stereocenters. The van der Waals surface area contributed by atoms with Crippen LogP contribution in [0, 0.1) is 11.8 Å². The van der Waals surface area contributed by atoms with Gasteiger partial charge in [0.2, 0.25) is 17.7 Å². The summed E-state index contributed by atoms with van der Waals surface area (Å²) in [4.78, 5) is 85.3. The molecule has 53 heavy (non-hydrogen) atoms. The summed E-state index contributed by atoms with van der Waals surface area (Å²) in [6.45, 7) is 10.1. The van der Waals surface area contributed by atoms with Gasteiger partial charge in [-0.25, -0.2) is 9.59 Å². The van der Waals surface area contributed by atoms with Gasteiger partial charge in [0.15, 0.2) is 0 Å². The number of benzene rings is 2. The molecule has 2 heterocycles. The third kappa shape index (κ3) is 12.6. The Morgan fingerprint density at radius 3 is 1.92 bits per heavy atom. The smallest absolute Gasteiger partial charge is 0.410 e. The largest absolute Gasteiger partial charge is 0.461 e. The van der Waals surface area contributed by atoms with Gasteiger partial charge in [0.05, 0.1) is 12.3 Å². The summed E-state index contributed by atoms with van der Waals surface area (Å²) in [7, 11) is 0. The van der Waals surface area contributed by atoms with Crippen LogP contribution >= 0.6 is 0 Å². The van der Waals surface area contributed by atoms with Crippen LogP contribution in [0.25, 0.3) is 0 Å². The SMILES string of the molecule is CC(C)C[C@H](NC(=O)[C@H](CC(=O)OCc1ccccc1)NC(=O)[C@@H]1[C@H](C(=O)N2CCCC2)CCCN1C(=O)OC(C)(C)C)C(=O)OCc1ccccc1. The predicted molar refractivity (Wildman–Crippen MR) is 196 cm³/mol. The van der Waals surface area contributed by atoms with Gasteiger partial charge in [0.1, 0.15) is 36.9 Å². The van der Waals surface area contributed by atoms with Gasteiger partial charge in [-0.05, 0) is 69.9 Å². The summed E-state index contributed by atoms with van der Waals surface area (Å²) in [5.74, 6) is -4.25. The van der Waals surface area contributed by atoms with Crippen molar-refractivity contribution in [2.45, 2.75) is 110 Å². The molecule has 0 aromatic heterocycles. The zero-order valence-electron chi connectivity index (χ0n) is 31.5. The number of esters is 2. The molecule has 2 aliphatic heterocycles. The van der Waals surface area contributed by atoms with Crippen molar-refractivity contribution in [1.82, 2.24) is 20.4 Å². The van der Waals surface area contributed by atoms with Crippen LogP contribution in [-0.2, 0) is 51.4 Å². The number of ether oxygens (including phenoxy) is 3. The highest BCUT2D eigenvalue weighted by atomic mass is 16.6. The van der Waals surface area contributed by atoms with Gasteiger partial charge in [-0.2, -0.15) is 0 Å². The third-order valence-corrected chi connectivity index (χ3v) is 9.04. The molecule has 4 rings (SSSR count). The Morgan fingerprint density at radius 2 is 1.36 bits per heavy atom. The Balaban J connectivity index is 1.60. The van der Waals surface area contributed by atoms with E-state index in [1.54, 1.807) is 49.9 Å². The minimum atomic E-state index is -1.52. The van der Waals surface area contributed by atoms with Gasteiger partial charge in [0.25, 0.3) is 0 Å². The maximum Gasteiger partial charge on any atom is 0.410 e. The third-order valence-electron chi connectivity index (χ3n) is 9.04. The number of likely N-dealkylation sites (tertiary alicyclic amines) is 2. The number of piperidine rings is 1. The van der Waals surface area contributed by atoms with Crippen molar-refractivity contribution in [3.63, 3.8) is 0 Å². The first kappa shape index (κ1) is 40.8. The van der Waals surface area contributed by atoms with Gasteiger partial charge >= 0.3 is 18.0 Å². The normalized spacial score (nSPS) is 18.5. The average molecular weight is 735 g/mol. The van der Waals surface area contributed by atoms with Gasteiger partial charge < -0.3 is 29.7 Å². The molecule has 2 aromatic rings. The van der Waals surface area contributed by atoms with E-state index in [-0.39, 0.29) is 38.0 Å². The number of nitrogens with one attached hydrogen (secondary N) is 2. The molecule has 0 bridgehead atoms. The predicted octanol–water partition coefficient (Wildman–Crippen LogP) is 4.52. The molecule has 2 aliphatic rings. The summed E-state index contributed by atoms with van der Waals surface area (Å²) in [5.41, 5.74) is 0.611. The van der Waals surface area contributed by atoms with E-state index in [9.17, 15) is 28.8 Å². The zero-order chi connectivity index (χ0) is 38.5. The molecule has 2 fully saturated rings. The highest BCUT2D eigenvalue weighted by Gasteiger charge is 2.47. The summed E-state index contributed by atoms with van der Waals surface area (Å²) >= 11 is 0. The molecule has 288 valence electrons. The number of hydrogen-bond acceptors (Lipinski definition) is 9. The first-order chi connectivity index (χ1) is 25.2. The van der Waals surface area contributed by atoms with Crippen molar-refractivity contribution in [1.29, 1.82) is 0 Å². The minimum Gasteiger partial charge on any atom is -0.461 e. The van der Waals surface area contributed by atoms with E-state index in [0.29, 0.717) is 25.9 Å². The molecule has 0 radical (unpaired) electrons. The van der Waals surface area contributed by atoms with E-state index >= 15 is 0 Å². The number of nitrogens with zero attached hydrogens (tertiary/aromatic N) is 2. The van der Waals surface area contributed by atoms with Crippen LogP contribution in [0.1, 0.15) is 84.3 Å². The fraction of sp³-hybridized carbons (Fsp3) is 0.550. The highest BCUT2D eigenvalue weighted by molar-refractivity contribution is 5.97. The lowest BCUT2D eigenvalue weighted by atomic mass is 9.87. The Kier molecular flexibility index (Phi) is 14.8. The summed E-state index contributed by atoms with van der Waals surface area (Å²) in [6, 6.07) is 14.2. The van der Waals surface area contributed by atoms with E-state index in [4.69, 9.17) is 14.2 Å². The van der Waals surface area contributed by atoms with Crippen LogP contribution in [0.3, 0.4) is 0 Å². The Bertz CT molecular complexity index is 1550. The van der Waals surface area contributed by atoms with Gasteiger partial charge in [-0.1, -0.05) is 74.5 Å². The molecule has 2 aromatic carbocycles. The maximum atomic E-state index is 14.4. The van der Waals surface area contributed by atoms with E-state index in [1.165, 1.54) is 4.90 Å². The number of carbonyl (C=O) groups excluding carboxylic acids is 6. The lowest BCUT2D eigenvalue weighted by Gasteiger charge is -2.41. The second kappa shape index (κ2) is 19.2. The summed E-state index contributed by atoms with van der Waals surface area (Å²) in [5, 5.41) is 5.37. The number of hydrogen-bond donors (Lipinski definition) is 2. The quantitative estimate of drug-likeness (QED) is 0.210. The topological polar surface area (TPSA) is 161 Å². The molecule has 0 saturated carbocycles. The molecular formula is C40H54N4O9. The Morgan fingerprint density at radius 1 is 0.774 bits per heavy atom. The molecule has 13 nitrogen and oxygen atoms in total. The monoisotopic (exact) mass is 734 g/mol. The fourth-order valence-electron chi connectivity index (χ4n) is 6.49. The molecular weight excluding hydrogens is 680 g/mol. The minimum absolute atomic E-state index is 0.00920. The van der Waals surface area contributed by atoms with E-state index in [2.05, 4.69) is 10.6 Å². The van der Waals surface area contributed by atoms with Crippen molar-refractivity contribution < 1.29 is 43.0 Å². The number of carbonyl (C=O) groups is 6. The van der Waals surface area contributed by atoms with Crippen LogP contribution in [0.5, 0.6) is 0 Å². The second-order valence-corrected chi connectivity index (χ2v) is 15.1. The maximum absolute atomic E-state index is 14.4. The zero-order valence-corrected chi connectivity index (χ0v) is 31.5. The van der Waals surface area contributed by atoms with Crippen molar-refractivity contribution in [2.24, 2.45) is 11.8 Å². The van der Waals surface area contributed by atoms with Crippen LogP contribution < -0.4 is 10.6 Å². The van der Waals surface area contributed by atoms with Gasteiger partial charge in [-0.3, -0.25) is 24.1 Å². The Labute approximate surface area is 312 Å². The molecule has 2 saturated heterocycles. The summed E-state index contributed by atoms with van der Waals surface area (Å²) < 4.78 is 16.7. The highest BCUT2D eigenvalue weighted by Crippen LogP contribution is 2.29. The van der Waals surface area contributed by atoms with Crippen molar-refractivity contribution in [3.05, 3.63) is 71.8 Å². The molecule has 0 unspecified atom stereocenters. The lowest BCUT2D eigenvalue weighted by molar-refractivity contribution is -0.151. The van der Waals surface area contributed by atoms with Crippen LogP contribution in [-0.4, -0.2) is 88.9 Å². The Hall–Kier alpha value is -4.94. The summed E-state index contributed by atoms with van der Waals surface area (Å²) in [6.07, 6.45) is 1.35.